The Morgan fingerprint density at radius 2 is 1.95 bits per heavy atom. The molecule has 0 fully saturated rings. The van der Waals surface area contributed by atoms with E-state index in [0.717, 1.165) is 24.5 Å². The zero-order valence-corrected chi connectivity index (χ0v) is 12.4. The van der Waals surface area contributed by atoms with Crippen LogP contribution in [-0.4, -0.2) is 11.5 Å². The Bertz CT molecular complexity index is 507. The molecule has 0 unspecified atom stereocenters. The number of benzene rings is 1. The first-order valence-electron chi connectivity index (χ1n) is 6.81. The average molecular weight is 275 g/mol. The van der Waals surface area contributed by atoms with E-state index in [4.69, 9.17) is 10.7 Å². The molecule has 0 spiro atoms. The number of aromatic nitrogens is 1. The first-order chi connectivity index (χ1) is 9.30. The lowest BCUT2D eigenvalue weighted by Crippen LogP contribution is -2.15. The van der Waals surface area contributed by atoms with Gasteiger partial charge in [-0.3, -0.25) is 0 Å². The highest BCUT2D eigenvalue weighted by atomic mass is 32.1. The standard InChI is InChI=1S/C15H21N3S/c1-3-8-13-14(11-16)19-15(17-13)18(4-2)12-9-6-5-7-10-12/h5-7,9-10H,3-4,8,11,16H2,1-2H3. The molecular weight excluding hydrogens is 254 g/mol. The van der Waals surface area contributed by atoms with Gasteiger partial charge in [-0.2, -0.15) is 0 Å². The van der Waals surface area contributed by atoms with Crippen molar-refractivity contribution in [2.45, 2.75) is 33.2 Å². The number of hydrogen-bond acceptors (Lipinski definition) is 4. The molecule has 0 aliphatic heterocycles. The molecule has 0 radical (unpaired) electrons. The predicted octanol–water partition coefficient (Wildman–Crippen LogP) is 3.71. The van der Waals surface area contributed by atoms with Crippen LogP contribution in [-0.2, 0) is 13.0 Å². The van der Waals surface area contributed by atoms with Gasteiger partial charge in [0.25, 0.3) is 0 Å². The van der Waals surface area contributed by atoms with Gasteiger partial charge in [-0.15, -0.1) is 0 Å². The topological polar surface area (TPSA) is 42.2 Å². The SMILES string of the molecule is CCCc1nc(N(CC)c2ccccc2)sc1CN. The van der Waals surface area contributed by atoms with Crippen molar-refractivity contribution in [2.24, 2.45) is 5.73 Å². The third-order valence-electron chi connectivity index (χ3n) is 3.05. The summed E-state index contributed by atoms with van der Waals surface area (Å²) in [6.45, 7) is 5.82. The minimum atomic E-state index is 0.583. The quantitative estimate of drug-likeness (QED) is 0.873. The summed E-state index contributed by atoms with van der Waals surface area (Å²) in [5, 5.41) is 1.05. The van der Waals surface area contributed by atoms with Crippen LogP contribution in [0.2, 0.25) is 0 Å². The molecule has 1 aromatic heterocycles. The minimum Gasteiger partial charge on any atom is -0.326 e. The van der Waals surface area contributed by atoms with E-state index in [1.165, 1.54) is 16.3 Å². The van der Waals surface area contributed by atoms with E-state index in [-0.39, 0.29) is 0 Å². The average Bonchev–Trinajstić information content (AvgIpc) is 2.84. The minimum absolute atomic E-state index is 0.583. The van der Waals surface area contributed by atoms with Crippen LogP contribution in [0.5, 0.6) is 0 Å². The van der Waals surface area contributed by atoms with Gasteiger partial charge in [0.1, 0.15) is 0 Å². The predicted molar refractivity (Wildman–Crippen MR) is 83.1 cm³/mol. The number of anilines is 2. The highest BCUT2D eigenvalue weighted by molar-refractivity contribution is 7.15. The van der Waals surface area contributed by atoms with Crippen molar-refractivity contribution in [3.05, 3.63) is 40.9 Å². The van der Waals surface area contributed by atoms with Crippen molar-refractivity contribution < 1.29 is 0 Å². The van der Waals surface area contributed by atoms with Gasteiger partial charge in [0.05, 0.1) is 5.69 Å². The number of hydrogen-bond donors (Lipinski definition) is 1. The summed E-state index contributed by atoms with van der Waals surface area (Å²) < 4.78 is 0. The lowest BCUT2D eigenvalue weighted by molar-refractivity contribution is 0.865. The molecule has 0 saturated heterocycles. The summed E-state index contributed by atoms with van der Waals surface area (Å²) in [7, 11) is 0. The normalized spacial score (nSPS) is 10.7. The Labute approximate surface area is 119 Å². The van der Waals surface area contributed by atoms with Crippen LogP contribution < -0.4 is 10.6 Å². The maximum Gasteiger partial charge on any atom is 0.190 e. The van der Waals surface area contributed by atoms with Crippen molar-refractivity contribution >= 4 is 22.2 Å². The van der Waals surface area contributed by atoms with Crippen molar-refractivity contribution in [1.29, 1.82) is 0 Å². The van der Waals surface area contributed by atoms with Gasteiger partial charge >= 0.3 is 0 Å². The molecule has 1 aromatic carbocycles. The first kappa shape index (κ1) is 14.0. The molecule has 2 N–H and O–H groups in total. The number of aryl methyl sites for hydroxylation is 1. The van der Waals surface area contributed by atoms with Gasteiger partial charge < -0.3 is 10.6 Å². The maximum atomic E-state index is 5.83. The monoisotopic (exact) mass is 275 g/mol. The van der Waals surface area contributed by atoms with E-state index >= 15 is 0 Å². The third-order valence-corrected chi connectivity index (χ3v) is 4.20. The van der Waals surface area contributed by atoms with Crippen LogP contribution in [0, 0.1) is 0 Å². The highest BCUT2D eigenvalue weighted by Crippen LogP contribution is 2.31. The van der Waals surface area contributed by atoms with Gasteiger partial charge in [-0.05, 0) is 25.5 Å². The number of thiazole rings is 1. The Balaban J connectivity index is 2.33. The van der Waals surface area contributed by atoms with Crippen molar-refractivity contribution in [2.75, 3.05) is 11.4 Å². The second kappa shape index (κ2) is 6.68. The first-order valence-corrected chi connectivity index (χ1v) is 7.63. The molecule has 0 aliphatic rings. The summed E-state index contributed by atoms with van der Waals surface area (Å²) in [4.78, 5) is 8.24. The molecule has 4 heteroatoms. The summed E-state index contributed by atoms with van der Waals surface area (Å²) in [5.41, 5.74) is 8.18. The Morgan fingerprint density at radius 3 is 2.53 bits per heavy atom. The zero-order valence-electron chi connectivity index (χ0n) is 11.6. The van der Waals surface area contributed by atoms with E-state index in [9.17, 15) is 0 Å². The summed E-state index contributed by atoms with van der Waals surface area (Å²) in [6.07, 6.45) is 2.11. The van der Waals surface area contributed by atoms with E-state index in [2.05, 4.69) is 43.0 Å². The Hall–Kier alpha value is -1.39. The molecule has 2 aromatic rings. The number of nitrogens with two attached hydrogens (primary N) is 1. The van der Waals surface area contributed by atoms with Gasteiger partial charge in [-0.1, -0.05) is 42.9 Å². The van der Waals surface area contributed by atoms with Crippen LogP contribution in [0.4, 0.5) is 10.8 Å². The van der Waals surface area contributed by atoms with E-state index in [1.807, 2.05) is 6.07 Å². The van der Waals surface area contributed by atoms with Crippen molar-refractivity contribution in [3.8, 4) is 0 Å². The summed E-state index contributed by atoms with van der Waals surface area (Å²) >= 11 is 1.72. The molecule has 0 saturated carbocycles. The van der Waals surface area contributed by atoms with E-state index in [0.29, 0.717) is 6.54 Å². The molecule has 2 rings (SSSR count). The molecule has 0 bridgehead atoms. The maximum absolute atomic E-state index is 5.83. The fraction of sp³-hybridized carbons (Fsp3) is 0.400. The summed E-state index contributed by atoms with van der Waals surface area (Å²) in [5.74, 6) is 0. The van der Waals surface area contributed by atoms with Crippen LogP contribution in [0.15, 0.2) is 30.3 Å². The van der Waals surface area contributed by atoms with Crippen molar-refractivity contribution in [3.63, 3.8) is 0 Å². The fourth-order valence-corrected chi connectivity index (χ4v) is 3.18. The molecule has 3 nitrogen and oxygen atoms in total. The second-order valence-electron chi connectivity index (χ2n) is 4.40. The molecule has 0 amide bonds. The van der Waals surface area contributed by atoms with Gasteiger partial charge in [0.2, 0.25) is 0 Å². The Morgan fingerprint density at radius 1 is 1.21 bits per heavy atom. The summed E-state index contributed by atoms with van der Waals surface area (Å²) in [6, 6.07) is 10.4. The lowest BCUT2D eigenvalue weighted by atomic mass is 10.2. The highest BCUT2D eigenvalue weighted by Gasteiger charge is 2.15. The van der Waals surface area contributed by atoms with Crippen LogP contribution >= 0.6 is 11.3 Å². The number of para-hydroxylation sites is 1. The van der Waals surface area contributed by atoms with Gasteiger partial charge in [0.15, 0.2) is 5.13 Å². The van der Waals surface area contributed by atoms with E-state index < -0.39 is 0 Å². The smallest absolute Gasteiger partial charge is 0.190 e. The molecule has 102 valence electrons. The van der Waals surface area contributed by atoms with Gasteiger partial charge in [0, 0.05) is 23.7 Å². The fourth-order valence-electron chi connectivity index (χ4n) is 2.11. The van der Waals surface area contributed by atoms with Crippen LogP contribution in [0.25, 0.3) is 0 Å². The lowest BCUT2D eigenvalue weighted by Gasteiger charge is -2.19. The zero-order chi connectivity index (χ0) is 13.7. The van der Waals surface area contributed by atoms with E-state index in [1.54, 1.807) is 11.3 Å². The second-order valence-corrected chi connectivity index (χ2v) is 5.46. The van der Waals surface area contributed by atoms with Crippen molar-refractivity contribution in [1.82, 2.24) is 4.98 Å². The number of nitrogens with zero attached hydrogens (tertiary/aromatic N) is 2. The van der Waals surface area contributed by atoms with Crippen LogP contribution in [0.1, 0.15) is 30.8 Å². The molecule has 19 heavy (non-hydrogen) atoms. The number of rotatable bonds is 6. The Kier molecular flexibility index (Phi) is 4.93. The largest absolute Gasteiger partial charge is 0.326 e. The molecular formula is C15H21N3S. The molecule has 0 aliphatic carbocycles. The third kappa shape index (κ3) is 3.14. The van der Waals surface area contributed by atoms with Gasteiger partial charge in [-0.25, -0.2) is 4.98 Å². The van der Waals surface area contributed by atoms with Crippen LogP contribution in [0.3, 0.4) is 0 Å². The molecule has 0 atom stereocenters. The molecule has 1 heterocycles.